The quantitative estimate of drug-likeness (QED) is 0.543. The molecule has 0 spiro atoms. The molecule has 2 saturated heterocycles. The predicted molar refractivity (Wildman–Crippen MR) is 122 cm³/mol. The van der Waals surface area contributed by atoms with Crippen LogP contribution in [0.2, 0.25) is 0 Å². The summed E-state index contributed by atoms with van der Waals surface area (Å²) in [7, 11) is 0. The van der Waals surface area contributed by atoms with E-state index in [2.05, 4.69) is 45.9 Å². The lowest BCUT2D eigenvalue weighted by atomic mass is 10.2. The van der Waals surface area contributed by atoms with Gasteiger partial charge in [-0.15, -0.1) is 0 Å². The number of rotatable bonds is 5. The van der Waals surface area contributed by atoms with Crippen molar-refractivity contribution in [3.8, 4) is 0 Å². The smallest absolute Gasteiger partial charge is 0.269 e. The van der Waals surface area contributed by atoms with Crippen LogP contribution < -0.4 is 9.80 Å². The van der Waals surface area contributed by atoms with E-state index in [1.165, 1.54) is 11.3 Å². The van der Waals surface area contributed by atoms with Gasteiger partial charge in [0, 0.05) is 75.9 Å². The summed E-state index contributed by atoms with van der Waals surface area (Å²) in [6, 6.07) is 15.2. The number of hydrogen-bond acceptors (Lipinski definition) is 6. The number of nitro benzene ring substituents is 1. The maximum absolute atomic E-state index is 12.8. The number of hydrogen-bond donors (Lipinski definition) is 0. The van der Waals surface area contributed by atoms with Crippen molar-refractivity contribution in [2.45, 2.75) is 6.92 Å². The van der Waals surface area contributed by atoms with Crippen molar-refractivity contribution in [1.29, 1.82) is 0 Å². The summed E-state index contributed by atoms with van der Waals surface area (Å²) >= 11 is 0. The Morgan fingerprint density at radius 1 is 0.871 bits per heavy atom. The Morgan fingerprint density at radius 2 is 1.48 bits per heavy atom. The van der Waals surface area contributed by atoms with Crippen molar-refractivity contribution in [1.82, 2.24) is 9.80 Å². The number of anilines is 2. The number of benzene rings is 2. The van der Waals surface area contributed by atoms with Gasteiger partial charge in [0.1, 0.15) is 0 Å². The molecule has 0 aromatic heterocycles. The number of non-ortho nitro benzene ring substituents is 1. The minimum absolute atomic E-state index is 0.107. The minimum Gasteiger partial charge on any atom is -0.369 e. The Bertz CT molecular complexity index is 917. The third-order valence-electron chi connectivity index (χ3n) is 6.16. The van der Waals surface area contributed by atoms with Gasteiger partial charge >= 0.3 is 0 Å². The van der Waals surface area contributed by atoms with Crippen LogP contribution >= 0.6 is 0 Å². The summed E-state index contributed by atoms with van der Waals surface area (Å²) in [5.74, 6) is 0.202. The lowest BCUT2D eigenvalue weighted by molar-refractivity contribution is -0.384. The van der Waals surface area contributed by atoms with Crippen molar-refractivity contribution < 1.29 is 9.72 Å². The molecule has 0 unspecified atom stereocenters. The highest BCUT2D eigenvalue weighted by Crippen LogP contribution is 2.21. The largest absolute Gasteiger partial charge is 0.369 e. The zero-order chi connectivity index (χ0) is 21.8. The first-order chi connectivity index (χ1) is 15.0. The van der Waals surface area contributed by atoms with Crippen molar-refractivity contribution >= 4 is 23.0 Å². The molecule has 2 fully saturated rings. The molecule has 0 N–H and O–H groups in total. The van der Waals surface area contributed by atoms with Crippen LogP contribution in [0.5, 0.6) is 0 Å². The first kappa shape index (κ1) is 21.1. The van der Waals surface area contributed by atoms with E-state index in [1.807, 2.05) is 4.90 Å². The molecule has 2 aromatic rings. The summed E-state index contributed by atoms with van der Waals surface area (Å²) in [6.45, 7) is 9.05. The van der Waals surface area contributed by atoms with E-state index in [-0.39, 0.29) is 16.5 Å². The van der Waals surface area contributed by atoms with Crippen molar-refractivity contribution in [3.05, 3.63) is 64.2 Å². The van der Waals surface area contributed by atoms with Crippen LogP contribution in [0.4, 0.5) is 17.1 Å². The molecular weight excluding hydrogens is 394 g/mol. The Hall–Kier alpha value is -3.13. The highest BCUT2D eigenvalue weighted by molar-refractivity contribution is 5.78. The first-order valence-electron chi connectivity index (χ1n) is 10.8. The zero-order valence-electron chi connectivity index (χ0n) is 17.9. The molecule has 0 bridgehead atoms. The van der Waals surface area contributed by atoms with Gasteiger partial charge in [0.05, 0.1) is 11.5 Å². The van der Waals surface area contributed by atoms with Gasteiger partial charge in [-0.3, -0.25) is 19.8 Å². The topological polar surface area (TPSA) is 73.2 Å². The Labute approximate surface area is 182 Å². The van der Waals surface area contributed by atoms with Gasteiger partial charge in [-0.1, -0.05) is 12.1 Å². The fraction of sp³-hybridized carbons (Fsp3) is 0.435. The van der Waals surface area contributed by atoms with Crippen LogP contribution in [0.1, 0.15) is 5.56 Å². The van der Waals surface area contributed by atoms with Gasteiger partial charge in [0.15, 0.2) is 0 Å². The molecule has 0 saturated carbocycles. The standard InChI is InChI=1S/C23H29N5O3/c1-19-3-2-4-22(17-19)26-13-15-27(16-14-26)23(29)18-24-9-11-25(12-10-24)20-5-7-21(8-6-20)28(30)31/h2-8,17H,9-16,18H2,1H3. The summed E-state index contributed by atoms with van der Waals surface area (Å²) in [5.41, 5.74) is 3.58. The summed E-state index contributed by atoms with van der Waals surface area (Å²) in [4.78, 5) is 32.0. The molecule has 2 aliphatic heterocycles. The molecule has 8 heteroatoms. The lowest BCUT2D eigenvalue weighted by Crippen LogP contribution is -2.54. The van der Waals surface area contributed by atoms with E-state index in [1.54, 1.807) is 24.3 Å². The fourth-order valence-corrected chi connectivity index (χ4v) is 4.28. The molecule has 164 valence electrons. The van der Waals surface area contributed by atoms with E-state index in [9.17, 15) is 14.9 Å². The van der Waals surface area contributed by atoms with Gasteiger partial charge in [0.2, 0.25) is 5.91 Å². The number of aryl methyl sites for hydroxylation is 1. The number of carbonyl (C=O) groups is 1. The molecule has 0 atom stereocenters. The van der Waals surface area contributed by atoms with Gasteiger partial charge in [-0.2, -0.15) is 0 Å². The molecule has 2 heterocycles. The maximum atomic E-state index is 12.8. The molecule has 2 aromatic carbocycles. The summed E-state index contributed by atoms with van der Waals surface area (Å²) in [5, 5.41) is 10.8. The van der Waals surface area contributed by atoms with Crippen LogP contribution in [-0.2, 0) is 4.79 Å². The van der Waals surface area contributed by atoms with E-state index >= 15 is 0 Å². The SMILES string of the molecule is Cc1cccc(N2CCN(C(=O)CN3CCN(c4ccc([N+](=O)[O-])cc4)CC3)CC2)c1. The van der Waals surface area contributed by atoms with Crippen LogP contribution in [0.3, 0.4) is 0 Å². The molecule has 1 amide bonds. The third kappa shape index (κ3) is 5.14. The molecule has 8 nitrogen and oxygen atoms in total. The average molecular weight is 424 g/mol. The first-order valence-corrected chi connectivity index (χ1v) is 10.8. The zero-order valence-corrected chi connectivity index (χ0v) is 17.9. The second-order valence-electron chi connectivity index (χ2n) is 8.24. The molecule has 4 rings (SSSR count). The molecule has 0 aliphatic carbocycles. The van der Waals surface area contributed by atoms with Crippen molar-refractivity contribution in [2.24, 2.45) is 0 Å². The second-order valence-corrected chi connectivity index (χ2v) is 8.24. The molecule has 31 heavy (non-hydrogen) atoms. The molecule has 2 aliphatic rings. The third-order valence-corrected chi connectivity index (χ3v) is 6.16. The summed E-state index contributed by atoms with van der Waals surface area (Å²) < 4.78 is 0. The normalized spacial score (nSPS) is 17.6. The van der Waals surface area contributed by atoms with Crippen molar-refractivity contribution in [2.75, 3.05) is 68.7 Å². The van der Waals surface area contributed by atoms with Gasteiger partial charge in [-0.05, 0) is 36.8 Å². The van der Waals surface area contributed by atoms with E-state index < -0.39 is 0 Å². The Morgan fingerprint density at radius 3 is 2.10 bits per heavy atom. The van der Waals surface area contributed by atoms with E-state index in [0.717, 1.165) is 58.0 Å². The predicted octanol–water partition coefficient (Wildman–Crippen LogP) is 2.37. The van der Waals surface area contributed by atoms with Crippen LogP contribution in [0.15, 0.2) is 48.5 Å². The highest BCUT2D eigenvalue weighted by Gasteiger charge is 2.25. The van der Waals surface area contributed by atoms with E-state index in [0.29, 0.717) is 6.54 Å². The Kier molecular flexibility index (Phi) is 6.36. The van der Waals surface area contributed by atoms with Crippen LogP contribution in [0.25, 0.3) is 0 Å². The molecule has 0 radical (unpaired) electrons. The number of amides is 1. The van der Waals surface area contributed by atoms with Crippen LogP contribution in [0, 0.1) is 17.0 Å². The highest BCUT2D eigenvalue weighted by atomic mass is 16.6. The van der Waals surface area contributed by atoms with Gasteiger partial charge in [0.25, 0.3) is 5.69 Å². The maximum Gasteiger partial charge on any atom is 0.269 e. The minimum atomic E-state index is -0.381. The number of nitrogens with zero attached hydrogens (tertiary/aromatic N) is 5. The second kappa shape index (κ2) is 9.34. The van der Waals surface area contributed by atoms with Gasteiger partial charge < -0.3 is 14.7 Å². The van der Waals surface area contributed by atoms with Crippen molar-refractivity contribution in [3.63, 3.8) is 0 Å². The van der Waals surface area contributed by atoms with Crippen LogP contribution in [-0.4, -0.2) is 79.5 Å². The number of nitro groups is 1. The number of carbonyl (C=O) groups excluding carboxylic acids is 1. The van der Waals surface area contributed by atoms with Gasteiger partial charge in [-0.25, -0.2) is 0 Å². The van der Waals surface area contributed by atoms with E-state index in [4.69, 9.17) is 0 Å². The summed E-state index contributed by atoms with van der Waals surface area (Å²) in [6.07, 6.45) is 0. The Balaban J connectivity index is 1.23. The fourth-order valence-electron chi connectivity index (χ4n) is 4.28. The monoisotopic (exact) mass is 423 g/mol. The average Bonchev–Trinajstić information content (AvgIpc) is 2.80. The lowest BCUT2D eigenvalue weighted by Gasteiger charge is -2.39. The number of piperazine rings is 2. The molecular formula is C23H29N5O3.